The van der Waals surface area contributed by atoms with Gasteiger partial charge in [-0.25, -0.2) is 4.98 Å². The SMILES string of the molecule is CC1C(CO)CCCN1C(=O)Cc1csc(-c2ccccn2)n1. The molecule has 6 heteroatoms. The molecule has 0 spiro atoms. The molecule has 0 aromatic carbocycles. The summed E-state index contributed by atoms with van der Waals surface area (Å²) >= 11 is 1.51. The summed E-state index contributed by atoms with van der Waals surface area (Å²) in [6, 6.07) is 5.81. The number of aromatic nitrogens is 2. The molecule has 1 saturated heterocycles. The maximum absolute atomic E-state index is 12.6. The lowest BCUT2D eigenvalue weighted by Crippen LogP contribution is -2.48. The smallest absolute Gasteiger partial charge is 0.228 e. The molecular formula is C17H21N3O2S. The molecule has 1 aliphatic rings. The van der Waals surface area contributed by atoms with E-state index in [0.29, 0.717) is 6.42 Å². The second-order valence-corrected chi connectivity index (χ2v) is 6.81. The van der Waals surface area contributed by atoms with Crippen molar-refractivity contribution in [3.05, 3.63) is 35.5 Å². The van der Waals surface area contributed by atoms with Crippen LogP contribution in [0.1, 0.15) is 25.5 Å². The Morgan fingerprint density at radius 2 is 2.35 bits per heavy atom. The number of carbonyl (C=O) groups excluding carboxylic acids is 1. The number of aliphatic hydroxyl groups excluding tert-OH is 1. The summed E-state index contributed by atoms with van der Waals surface area (Å²) < 4.78 is 0. The summed E-state index contributed by atoms with van der Waals surface area (Å²) in [6.45, 7) is 2.94. The number of piperidine rings is 1. The van der Waals surface area contributed by atoms with E-state index in [1.807, 2.05) is 35.4 Å². The van der Waals surface area contributed by atoms with Gasteiger partial charge < -0.3 is 10.0 Å². The zero-order chi connectivity index (χ0) is 16.2. The Labute approximate surface area is 140 Å². The van der Waals surface area contributed by atoms with E-state index in [9.17, 15) is 9.90 Å². The maximum atomic E-state index is 12.6. The van der Waals surface area contributed by atoms with Crippen molar-refractivity contribution in [1.29, 1.82) is 0 Å². The fraction of sp³-hybridized carbons (Fsp3) is 0.471. The number of aliphatic hydroxyl groups is 1. The maximum Gasteiger partial charge on any atom is 0.228 e. The number of pyridine rings is 1. The van der Waals surface area contributed by atoms with Gasteiger partial charge in [0.15, 0.2) is 0 Å². The van der Waals surface area contributed by atoms with E-state index in [1.54, 1.807) is 6.20 Å². The van der Waals surface area contributed by atoms with Gasteiger partial charge in [0.25, 0.3) is 0 Å². The van der Waals surface area contributed by atoms with Crippen LogP contribution in [0, 0.1) is 5.92 Å². The van der Waals surface area contributed by atoms with Crippen LogP contribution < -0.4 is 0 Å². The van der Waals surface area contributed by atoms with Crippen LogP contribution in [0.25, 0.3) is 10.7 Å². The molecule has 2 aromatic heterocycles. The molecule has 5 nitrogen and oxygen atoms in total. The average molecular weight is 331 g/mol. The van der Waals surface area contributed by atoms with Crippen molar-refractivity contribution in [2.45, 2.75) is 32.2 Å². The van der Waals surface area contributed by atoms with Crippen molar-refractivity contribution in [2.75, 3.05) is 13.2 Å². The zero-order valence-electron chi connectivity index (χ0n) is 13.2. The quantitative estimate of drug-likeness (QED) is 0.934. The molecule has 2 aromatic rings. The van der Waals surface area contributed by atoms with Crippen LogP contribution in [0.15, 0.2) is 29.8 Å². The second-order valence-electron chi connectivity index (χ2n) is 5.95. The van der Waals surface area contributed by atoms with Crippen molar-refractivity contribution in [1.82, 2.24) is 14.9 Å². The molecule has 2 atom stereocenters. The Morgan fingerprint density at radius 3 is 3.09 bits per heavy atom. The minimum atomic E-state index is 0.0912. The van der Waals surface area contributed by atoms with Gasteiger partial charge in [-0.05, 0) is 31.9 Å². The molecule has 0 radical (unpaired) electrons. The molecule has 3 rings (SSSR count). The summed E-state index contributed by atoms with van der Waals surface area (Å²) in [5.41, 5.74) is 1.63. The highest BCUT2D eigenvalue weighted by molar-refractivity contribution is 7.13. The van der Waals surface area contributed by atoms with Crippen molar-refractivity contribution in [2.24, 2.45) is 5.92 Å². The van der Waals surface area contributed by atoms with E-state index in [-0.39, 0.29) is 24.5 Å². The Hall–Kier alpha value is -1.79. The minimum Gasteiger partial charge on any atom is -0.396 e. The predicted octanol–water partition coefficient (Wildman–Crippen LogP) is 2.37. The minimum absolute atomic E-state index is 0.0912. The van der Waals surface area contributed by atoms with E-state index < -0.39 is 0 Å². The van der Waals surface area contributed by atoms with Gasteiger partial charge in [-0.1, -0.05) is 6.07 Å². The summed E-state index contributed by atoms with van der Waals surface area (Å²) in [4.78, 5) is 23.3. The number of rotatable bonds is 4. The third kappa shape index (κ3) is 3.59. The second kappa shape index (κ2) is 7.19. The number of nitrogens with zero attached hydrogens (tertiary/aromatic N) is 3. The van der Waals surface area contributed by atoms with Gasteiger partial charge >= 0.3 is 0 Å². The topological polar surface area (TPSA) is 66.3 Å². The number of amides is 1. The van der Waals surface area contributed by atoms with Crippen LogP contribution in [0.4, 0.5) is 0 Å². The van der Waals surface area contributed by atoms with E-state index >= 15 is 0 Å². The zero-order valence-corrected chi connectivity index (χ0v) is 14.0. The van der Waals surface area contributed by atoms with Crippen molar-refractivity contribution < 1.29 is 9.90 Å². The molecule has 0 saturated carbocycles. The highest BCUT2D eigenvalue weighted by atomic mass is 32.1. The molecular weight excluding hydrogens is 310 g/mol. The fourth-order valence-electron chi connectivity index (χ4n) is 3.07. The molecule has 2 unspecified atom stereocenters. The molecule has 122 valence electrons. The summed E-state index contributed by atoms with van der Waals surface area (Å²) in [5.74, 6) is 0.278. The van der Waals surface area contributed by atoms with Gasteiger partial charge in [-0.3, -0.25) is 9.78 Å². The number of hydrogen-bond acceptors (Lipinski definition) is 5. The van der Waals surface area contributed by atoms with Gasteiger partial charge in [0.1, 0.15) is 5.01 Å². The monoisotopic (exact) mass is 331 g/mol. The van der Waals surface area contributed by atoms with Crippen molar-refractivity contribution >= 4 is 17.2 Å². The number of carbonyl (C=O) groups is 1. The summed E-state index contributed by atoms with van der Waals surface area (Å²) in [5, 5.41) is 12.2. The third-order valence-electron chi connectivity index (χ3n) is 4.47. The Balaban J connectivity index is 1.67. The first-order chi connectivity index (χ1) is 11.2. The first-order valence-electron chi connectivity index (χ1n) is 7.95. The molecule has 1 amide bonds. The lowest BCUT2D eigenvalue weighted by atomic mass is 9.90. The van der Waals surface area contributed by atoms with Gasteiger partial charge in [0.05, 0.1) is 17.8 Å². The summed E-state index contributed by atoms with van der Waals surface area (Å²) in [6.07, 6.45) is 4.00. The van der Waals surface area contributed by atoms with E-state index in [1.165, 1.54) is 11.3 Å². The van der Waals surface area contributed by atoms with Crippen molar-refractivity contribution in [3.63, 3.8) is 0 Å². The predicted molar refractivity (Wildman–Crippen MR) is 90.0 cm³/mol. The van der Waals surface area contributed by atoms with Crippen LogP contribution in [0.3, 0.4) is 0 Å². The molecule has 23 heavy (non-hydrogen) atoms. The Bertz CT molecular complexity index is 659. The lowest BCUT2D eigenvalue weighted by Gasteiger charge is -2.38. The van der Waals surface area contributed by atoms with Crippen LogP contribution in [-0.4, -0.2) is 45.1 Å². The van der Waals surface area contributed by atoms with Gasteiger partial charge in [0, 0.05) is 36.7 Å². The van der Waals surface area contributed by atoms with Crippen molar-refractivity contribution in [3.8, 4) is 10.7 Å². The number of thiazole rings is 1. The van der Waals surface area contributed by atoms with Gasteiger partial charge in [0.2, 0.25) is 5.91 Å². The lowest BCUT2D eigenvalue weighted by molar-refractivity contribution is -0.135. The molecule has 3 heterocycles. The normalized spacial score (nSPS) is 21.4. The third-order valence-corrected chi connectivity index (χ3v) is 5.38. The first kappa shape index (κ1) is 16.1. The van der Waals surface area contributed by atoms with Crippen LogP contribution in [0.2, 0.25) is 0 Å². The fourth-order valence-corrected chi connectivity index (χ4v) is 3.87. The van der Waals surface area contributed by atoms with Crippen LogP contribution >= 0.6 is 11.3 Å². The van der Waals surface area contributed by atoms with E-state index in [2.05, 4.69) is 9.97 Å². The molecule has 1 aliphatic heterocycles. The van der Waals surface area contributed by atoms with Gasteiger partial charge in [-0.15, -0.1) is 11.3 Å². The first-order valence-corrected chi connectivity index (χ1v) is 8.83. The number of hydrogen-bond donors (Lipinski definition) is 1. The van der Waals surface area contributed by atoms with Gasteiger partial charge in [-0.2, -0.15) is 0 Å². The highest BCUT2D eigenvalue weighted by Gasteiger charge is 2.30. The Kier molecular flexibility index (Phi) is 5.03. The largest absolute Gasteiger partial charge is 0.396 e. The standard InChI is InChI=1S/C17H21N3O2S/c1-12-13(10-21)5-4-8-20(12)16(22)9-14-11-23-17(19-14)15-6-2-3-7-18-15/h2-3,6-7,11-13,21H,4-5,8-10H2,1H3. The molecule has 0 aliphatic carbocycles. The molecule has 0 bridgehead atoms. The van der Waals surface area contributed by atoms with Crippen LogP contribution in [0.5, 0.6) is 0 Å². The highest BCUT2D eigenvalue weighted by Crippen LogP contribution is 2.25. The van der Waals surface area contributed by atoms with E-state index in [4.69, 9.17) is 0 Å². The summed E-state index contributed by atoms with van der Waals surface area (Å²) in [7, 11) is 0. The average Bonchev–Trinajstić information content (AvgIpc) is 3.04. The van der Waals surface area contributed by atoms with E-state index in [0.717, 1.165) is 35.8 Å². The number of likely N-dealkylation sites (tertiary alicyclic amines) is 1. The Morgan fingerprint density at radius 1 is 1.48 bits per heavy atom. The molecule has 1 N–H and O–H groups in total. The molecule has 1 fully saturated rings. The van der Waals surface area contributed by atoms with Crippen LogP contribution in [-0.2, 0) is 11.2 Å².